The van der Waals surface area contributed by atoms with Gasteiger partial charge in [0.2, 0.25) is 5.91 Å². The molecule has 1 unspecified atom stereocenters. The monoisotopic (exact) mass is 361 g/mol. The molecule has 11 heteroatoms. The first-order valence-corrected chi connectivity index (χ1v) is 8.81. The van der Waals surface area contributed by atoms with E-state index in [-0.39, 0.29) is 11.7 Å². The van der Waals surface area contributed by atoms with Crippen molar-refractivity contribution in [1.82, 2.24) is 15.0 Å². The highest BCUT2D eigenvalue weighted by Crippen LogP contribution is 2.28. The highest BCUT2D eigenvalue weighted by Gasteiger charge is 2.44. The number of hydrogen-bond acceptors (Lipinski definition) is 9. The number of ether oxygens (including phenoxy) is 1. The lowest BCUT2D eigenvalue weighted by Crippen LogP contribution is -2.37. The van der Waals surface area contributed by atoms with Gasteiger partial charge in [-0.05, 0) is 12.2 Å². The molecule has 0 saturated carbocycles. The van der Waals surface area contributed by atoms with Crippen LogP contribution in [0.15, 0.2) is 6.20 Å². The first kappa shape index (κ1) is 19.1. The molecule has 0 spiro atoms. The van der Waals surface area contributed by atoms with Gasteiger partial charge >= 0.3 is 0 Å². The van der Waals surface area contributed by atoms with Gasteiger partial charge in [-0.1, -0.05) is 12.1 Å². The van der Waals surface area contributed by atoms with Gasteiger partial charge in [-0.15, -0.1) is 5.10 Å². The Morgan fingerprint density at radius 1 is 1.54 bits per heavy atom. The smallest absolute Gasteiger partial charge is 0.243 e. The van der Waals surface area contributed by atoms with Crippen LogP contribution in [-0.4, -0.2) is 78.7 Å². The number of nitrogens with one attached hydrogen (secondary N) is 1. The number of nitrogens with two attached hydrogens (primary N) is 1. The van der Waals surface area contributed by atoms with E-state index >= 15 is 0 Å². The molecule has 10 nitrogen and oxygen atoms in total. The van der Waals surface area contributed by atoms with Gasteiger partial charge in [0, 0.05) is 5.75 Å². The minimum Gasteiger partial charge on any atom is -0.394 e. The summed E-state index contributed by atoms with van der Waals surface area (Å²) >= 11 is 1.60. The number of amides is 1. The van der Waals surface area contributed by atoms with E-state index < -0.39 is 37.2 Å². The van der Waals surface area contributed by atoms with Crippen LogP contribution in [0.5, 0.6) is 0 Å². The Balaban J connectivity index is 1.92. The third-order valence-corrected chi connectivity index (χ3v) is 4.81. The fourth-order valence-electron chi connectivity index (χ4n) is 2.21. The Hall–Kier alpha value is -1.24. The lowest BCUT2D eigenvalue weighted by molar-refractivity contribution is -0.116. The summed E-state index contributed by atoms with van der Waals surface area (Å²) in [6, 6.07) is -0.666. The third kappa shape index (κ3) is 4.43. The standard InChI is InChI=1S/C13H23N5O5S/c1-2-3-24-6-7(14)12(22)15-9-4-18(17-16-9)13-11(21)10(20)8(5-19)23-13/h4,7-8,10-11,13,19-21H,2-3,5-6,14H2,1H3,(H,15,22)/t7-,8?,10-,11+,13+/m1/s1. The van der Waals surface area contributed by atoms with Crippen molar-refractivity contribution in [2.75, 3.05) is 23.4 Å². The van der Waals surface area contributed by atoms with E-state index in [1.165, 1.54) is 10.9 Å². The number of nitrogens with zero attached hydrogens (tertiary/aromatic N) is 3. The number of hydrogen-bond donors (Lipinski definition) is 5. The first-order valence-electron chi connectivity index (χ1n) is 7.66. The molecular weight excluding hydrogens is 338 g/mol. The molecule has 0 bridgehead atoms. The molecular formula is C13H23N5O5S. The topological polar surface area (TPSA) is 156 Å². The molecule has 6 N–H and O–H groups in total. The van der Waals surface area contributed by atoms with Crippen LogP contribution >= 0.6 is 11.8 Å². The van der Waals surface area contributed by atoms with Crippen molar-refractivity contribution in [3.8, 4) is 0 Å². The Bertz CT molecular complexity index is 545. The molecule has 1 saturated heterocycles. The lowest BCUT2D eigenvalue weighted by Gasteiger charge is -2.13. The van der Waals surface area contributed by atoms with Crippen LogP contribution < -0.4 is 11.1 Å². The van der Waals surface area contributed by atoms with E-state index in [9.17, 15) is 15.0 Å². The number of thioether (sulfide) groups is 1. The summed E-state index contributed by atoms with van der Waals surface area (Å²) in [6.45, 7) is 1.62. The molecule has 1 aromatic rings. The van der Waals surface area contributed by atoms with E-state index in [1.54, 1.807) is 11.8 Å². The third-order valence-electron chi connectivity index (χ3n) is 3.52. The molecule has 1 aromatic heterocycles. The highest BCUT2D eigenvalue weighted by atomic mass is 32.2. The maximum Gasteiger partial charge on any atom is 0.243 e. The Labute approximate surface area is 143 Å². The number of anilines is 1. The second kappa shape index (κ2) is 8.74. The second-order valence-electron chi connectivity index (χ2n) is 5.48. The average Bonchev–Trinajstić information content (AvgIpc) is 3.13. The summed E-state index contributed by atoms with van der Waals surface area (Å²) in [5.74, 6) is 1.21. The zero-order valence-corrected chi connectivity index (χ0v) is 14.1. The summed E-state index contributed by atoms with van der Waals surface area (Å²) in [6.07, 6.45) is -2.02. The number of carbonyl (C=O) groups excluding carboxylic acids is 1. The fraction of sp³-hybridized carbons (Fsp3) is 0.769. The van der Waals surface area contributed by atoms with Crippen molar-refractivity contribution in [2.24, 2.45) is 5.73 Å². The first-order chi connectivity index (χ1) is 11.5. The summed E-state index contributed by atoms with van der Waals surface area (Å²) < 4.78 is 6.50. The minimum absolute atomic E-state index is 0.161. The predicted octanol–water partition coefficient (Wildman–Crippen LogP) is -1.70. The summed E-state index contributed by atoms with van der Waals surface area (Å²) in [7, 11) is 0. The molecule has 24 heavy (non-hydrogen) atoms. The summed E-state index contributed by atoms with van der Waals surface area (Å²) in [5.41, 5.74) is 5.80. The fourth-order valence-corrected chi connectivity index (χ4v) is 3.07. The predicted molar refractivity (Wildman–Crippen MR) is 87.3 cm³/mol. The van der Waals surface area contributed by atoms with E-state index in [0.717, 1.165) is 12.2 Å². The van der Waals surface area contributed by atoms with Crippen LogP contribution in [0.3, 0.4) is 0 Å². The number of rotatable bonds is 8. The van der Waals surface area contributed by atoms with Crippen LogP contribution in [0.25, 0.3) is 0 Å². The zero-order valence-electron chi connectivity index (χ0n) is 13.3. The normalized spacial score (nSPS) is 28.0. The Morgan fingerprint density at radius 2 is 2.29 bits per heavy atom. The van der Waals surface area contributed by atoms with Crippen LogP contribution in [-0.2, 0) is 9.53 Å². The minimum atomic E-state index is -1.26. The van der Waals surface area contributed by atoms with Crippen LogP contribution in [0.1, 0.15) is 19.6 Å². The maximum atomic E-state index is 12.0. The average molecular weight is 361 g/mol. The van der Waals surface area contributed by atoms with E-state index in [0.29, 0.717) is 5.75 Å². The van der Waals surface area contributed by atoms with E-state index in [2.05, 4.69) is 22.6 Å². The van der Waals surface area contributed by atoms with Crippen molar-refractivity contribution in [1.29, 1.82) is 0 Å². The summed E-state index contributed by atoms with van der Waals surface area (Å²) in [5, 5.41) is 38.8. The summed E-state index contributed by atoms with van der Waals surface area (Å²) in [4.78, 5) is 12.0. The molecule has 1 fully saturated rings. The Kier molecular flexibility index (Phi) is 6.95. The SMILES string of the molecule is CCCSC[C@@H](N)C(=O)Nc1cn([C@H]2OC(CO)[C@@H](O)[C@@H]2O)nn1. The highest BCUT2D eigenvalue weighted by molar-refractivity contribution is 7.99. The molecule has 0 radical (unpaired) electrons. The molecule has 1 aliphatic rings. The van der Waals surface area contributed by atoms with E-state index in [1.807, 2.05) is 0 Å². The second-order valence-corrected chi connectivity index (χ2v) is 6.63. The number of aliphatic hydroxyl groups is 3. The van der Waals surface area contributed by atoms with Crippen molar-refractivity contribution < 1.29 is 24.9 Å². The van der Waals surface area contributed by atoms with Gasteiger partial charge in [-0.2, -0.15) is 11.8 Å². The van der Waals surface area contributed by atoms with Gasteiger partial charge in [-0.3, -0.25) is 4.79 Å². The molecule has 2 heterocycles. The zero-order chi connectivity index (χ0) is 17.7. The molecule has 1 amide bonds. The molecule has 2 rings (SSSR count). The number of carbonyl (C=O) groups is 1. The van der Waals surface area contributed by atoms with Crippen molar-refractivity contribution in [3.63, 3.8) is 0 Å². The van der Waals surface area contributed by atoms with Crippen LogP contribution in [0.2, 0.25) is 0 Å². The molecule has 5 atom stereocenters. The van der Waals surface area contributed by atoms with Gasteiger partial charge < -0.3 is 31.1 Å². The molecule has 0 aromatic carbocycles. The van der Waals surface area contributed by atoms with Crippen molar-refractivity contribution >= 4 is 23.5 Å². The molecule has 136 valence electrons. The van der Waals surface area contributed by atoms with E-state index in [4.69, 9.17) is 15.6 Å². The van der Waals surface area contributed by atoms with Crippen molar-refractivity contribution in [3.05, 3.63) is 6.20 Å². The van der Waals surface area contributed by atoms with Crippen LogP contribution in [0.4, 0.5) is 5.82 Å². The quantitative estimate of drug-likeness (QED) is 0.340. The largest absolute Gasteiger partial charge is 0.394 e. The molecule has 0 aliphatic carbocycles. The van der Waals surface area contributed by atoms with Gasteiger partial charge in [0.1, 0.15) is 18.3 Å². The van der Waals surface area contributed by atoms with Gasteiger partial charge in [0.25, 0.3) is 0 Å². The van der Waals surface area contributed by atoms with Gasteiger partial charge in [0.15, 0.2) is 12.0 Å². The lowest BCUT2D eigenvalue weighted by atomic mass is 10.1. The number of aliphatic hydroxyl groups excluding tert-OH is 3. The molecule has 1 aliphatic heterocycles. The Morgan fingerprint density at radius 3 is 2.92 bits per heavy atom. The van der Waals surface area contributed by atoms with Gasteiger partial charge in [0.05, 0.1) is 18.8 Å². The van der Waals surface area contributed by atoms with Crippen LogP contribution in [0, 0.1) is 0 Å². The van der Waals surface area contributed by atoms with Gasteiger partial charge in [-0.25, -0.2) is 4.68 Å². The van der Waals surface area contributed by atoms with Crippen molar-refractivity contribution in [2.45, 2.75) is 43.9 Å². The number of aromatic nitrogens is 3. The maximum absolute atomic E-state index is 12.0.